The zero-order valence-electron chi connectivity index (χ0n) is 15.6. The smallest absolute Gasteiger partial charge is 0.413 e. The fourth-order valence-corrected chi connectivity index (χ4v) is 3.79. The Labute approximate surface area is 171 Å². The fraction of sp³-hybridized carbons (Fsp3) is 0.238. The van der Waals surface area contributed by atoms with Gasteiger partial charge < -0.3 is 16.0 Å². The van der Waals surface area contributed by atoms with Gasteiger partial charge in [-0.05, 0) is 46.6 Å². The number of aromatic nitrogens is 1. The molecule has 4 N–H and O–H groups in total. The van der Waals surface area contributed by atoms with Crippen LogP contribution in [0.5, 0.6) is 0 Å². The highest BCUT2D eigenvalue weighted by Gasteiger charge is 2.26. The van der Waals surface area contributed by atoms with Crippen LogP contribution in [0.15, 0.2) is 54.9 Å². The van der Waals surface area contributed by atoms with Gasteiger partial charge in [-0.25, -0.2) is 0 Å². The largest absolute Gasteiger partial charge is 0.433 e. The van der Waals surface area contributed by atoms with E-state index in [4.69, 9.17) is 5.73 Å². The number of nitrogens with zero attached hydrogens (tertiary/aromatic N) is 1. The van der Waals surface area contributed by atoms with Gasteiger partial charge in [-0.3, -0.25) is 9.78 Å². The maximum absolute atomic E-state index is 13.0. The van der Waals surface area contributed by atoms with Crippen molar-refractivity contribution in [2.24, 2.45) is 5.73 Å². The summed E-state index contributed by atoms with van der Waals surface area (Å²) in [6.45, 7) is 1.00. The van der Waals surface area contributed by atoms with E-state index >= 15 is 0 Å². The molecule has 0 saturated carbocycles. The Morgan fingerprint density at radius 1 is 1.21 bits per heavy atom. The lowest BCUT2D eigenvalue weighted by molar-refractivity contribution is -0.119. The second-order valence-electron chi connectivity index (χ2n) is 7.05. The van der Waals surface area contributed by atoms with E-state index in [2.05, 4.69) is 10.2 Å². The van der Waals surface area contributed by atoms with Gasteiger partial charge in [-0.15, -0.1) is 0 Å². The number of ketones is 1. The molecule has 1 aromatic heterocycles. The first kappa shape index (κ1) is 20.5. The lowest BCUT2D eigenvalue weighted by atomic mass is 9.67. The molecule has 0 fully saturated rings. The maximum Gasteiger partial charge on any atom is 0.413 e. The van der Waals surface area contributed by atoms with Gasteiger partial charge >= 0.3 is 7.05 Å². The molecule has 5 nitrogen and oxygen atoms in total. The summed E-state index contributed by atoms with van der Waals surface area (Å²) in [4.78, 5) is 17.1. The molecule has 1 aliphatic heterocycles. The van der Waals surface area contributed by atoms with Gasteiger partial charge in [-0.1, -0.05) is 36.4 Å². The van der Waals surface area contributed by atoms with Crippen molar-refractivity contribution in [1.82, 2.24) is 10.2 Å². The molecule has 28 heavy (non-hydrogen) atoms. The number of carbonyl (C=O) groups is 1. The third-order valence-corrected chi connectivity index (χ3v) is 5.31. The average Bonchev–Trinajstić information content (AvgIpc) is 2.69. The molecule has 7 heteroatoms. The Morgan fingerprint density at radius 2 is 2.07 bits per heavy atom. The van der Waals surface area contributed by atoms with Gasteiger partial charge in [-0.2, -0.15) is 13.5 Å². The van der Waals surface area contributed by atoms with Crippen LogP contribution in [-0.4, -0.2) is 35.9 Å². The minimum atomic E-state index is -0.684. The van der Waals surface area contributed by atoms with Crippen LogP contribution in [0.1, 0.15) is 22.6 Å². The first-order chi connectivity index (χ1) is 13.2. The van der Waals surface area contributed by atoms with Crippen LogP contribution in [0.2, 0.25) is 0 Å². The van der Waals surface area contributed by atoms with E-state index in [9.17, 15) is 9.82 Å². The van der Waals surface area contributed by atoms with Crippen molar-refractivity contribution in [3.63, 3.8) is 0 Å². The third-order valence-electron chi connectivity index (χ3n) is 5.31. The monoisotopic (exact) mass is 393 g/mol. The zero-order chi connectivity index (χ0) is 18.8. The van der Waals surface area contributed by atoms with Crippen molar-refractivity contribution in [3.8, 4) is 0 Å². The predicted molar refractivity (Wildman–Crippen MR) is 118 cm³/mol. The fourth-order valence-electron chi connectivity index (χ4n) is 3.79. The second-order valence-corrected chi connectivity index (χ2v) is 7.05. The van der Waals surface area contributed by atoms with Crippen molar-refractivity contribution in [2.75, 3.05) is 13.1 Å². The molecule has 2 heterocycles. The first-order valence-corrected chi connectivity index (χ1v) is 9.25. The van der Waals surface area contributed by atoms with E-state index in [0.717, 1.165) is 45.9 Å². The van der Waals surface area contributed by atoms with Gasteiger partial charge in [0.1, 0.15) is 5.78 Å². The Morgan fingerprint density at radius 3 is 2.89 bits per heavy atom. The highest BCUT2D eigenvalue weighted by Crippen LogP contribution is 2.21. The van der Waals surface area contributed by atoms with Crippen LogP contribution in [0.4, 0.5) is 0 Å². The molecule has 0 amide bonds. The van der Waals surface area contributed by atoms with Crippen LogP contribution in [-0.2, 0) is 17.6 Å². The normalized spacial score (nSPS) is 14.3. The number of Topliss-reactive ketones (excluding diaryl/α,β-unsaturated/α-hetero) is 1. The lowest BCUT2D eigenvalue weighted by Crippen LogP contribution is -2.51. The minimum absolute atomic E-state index is 0. The quantitative estimate of drug-likeness (QED) is 0.564. The molecule has 144 valence electrons. The SMILES string of the molecule is NC[C@@H](C(=O)Cc1ccc2cnccc2c1)c1ccc2c(c1)B(O)NCC2.S. The standard InChI is InChI=1S/C21H22BN3O2.H2S/c23-12-19(17-4-3-15-6-8-25-22(27)20(15)11-17)21(26)10-14-1-2-18-13-24-7-5-16(18)9-14;/h1-5,7,9,11,13,19,25,27H,6,8,10,12,23H2;1H2/t19-;/m1./s1. The highest BCUT2D eigenvalue weighted by molar-refractivity contribution is 7.59. The Kier molecular flexibility index (Phi) is 6.51. The average molecular weight is 393 g/mol. The number of rotatable bonds is 5. The number of fused-ring (bicyclic) bond motifs is 2. The van der Waals surface area contributed by atoms with E-state index in [-0.39, 0.29) is 31.7 Å². The molecule has 0 saturated heterocycles. The molecule has 4 rings (SSSR count). The van der Waals surface area contributed by atoms with Crippen molar-refractivity contribution in [2.45, 2.75) is 18.8 Å². The summed E-state index contributed by atoms with van der Waals surface area (Å²) >= 11 is 0. The summed E-state index contributed by atoms with van der Waals surface area (Å²) in [5, 5.41) is 15.4. The van der Waals surface area contributed by atoms with Crippen LogP contribution >= 0.6 is 13.5 Å². The van der Waals surface area contributed by atoms with Gasteiger partial charge in [0.2, 0.25) is 0 Å². The van der Waals surface area contributed by atoms with E-state index in [1.54, 1.807) is 6.20 Å². The van der Waals surface area contributed by atoms with Crippen LogP contribution in [0, 0.1) is 0 Å². The number of hydrogen-bond donors (Lipinski definition) is 3. The van der Waals surface area contributed by atoms with Gasteiger partial charge in [0.25, 0.3) is 0 Å². The Balaban J connectivity index is 0.00000225. The van der Waals surface area contributed by atoms with Crippen molar-refractivity contribution < 1.29 is 9.82 Å². The summed E-state index contributed by atoms with van der Waals surface area (Å²) in [5.74, 6) is -0.290. The molecule has 0 spiro atoms. The third kappa shape index (κ3) is 4.13. The molecule has 0 unspecified atom stereocenters. The lowest BCUT2D eigenvalue weighted by Gasteiger charge is -2.22. The molecule has 2 aromatic carbocycles. The summed E-state index contributed by atoms with van der Waals surface area (Å²) in [6.07, 6.45) is 4.77. The molecular formula is C21H24BN3O2S. The van der Waals surface area contributed by atoms with E-state index in [1.165, 1.54) is 0 Å². The number of nitrogens with one attached hydrogen (secondary N) is 1. The first-order valence-electron chi connectivity index (χ1n) is 9.25. The Hall–Kier alpha value is -2.19. The van der Waals surface area contributed by atoms with Crippen molar-refractivity contribution in [1.29, 1.82) is 0 Å². The molecule has 3 aromatic rings. The second kappa shape index (κ2) is 8.88. The van der Waals surface area contributed by atoms with Gasteiger partial charge in [0, 0.05) is 30.7 Å². The number of carbonyl (C=O) groups excluding carboxylic acids is 1. The molecule has 1 aliphatic rings. The van der Waals surface area contributed by atoms with Gasteiger partial charge in [0.15, 0.2) is 0 Å². The number of benzene rings is 2. The number of hydrogen-bond acceptors (Lipinski definition) is 5. The predicted octanol–water partition coefficient (Wildman–Crippen LogP) is 1.03. The van der Waals surface area contributed by atoms with Crippen LogP contribution < -0.4 is 16.4 Å². The zero-order valence-corrected chi connectivity index (χ0v) is 16.6. The maximum atomic E-state index is 13.0. The van der Waals surface area contributed by atoms with E-state index in [0.29, 0.717) is 6.42 Å². The van der Waals surface area contributed by atoms with Gasteiger partial charge in [0.05, 0.1) is 5.92 Å². The molecule has 0 bridgehead atoms. The van der Waals surface area contributed by atoms with E-state index in [1.807, 2.05) is 48.7 Å². The minimum Gasteiger partial charge on any atom is -0.433 e. The van der Waals surface area contributed by atoms with Crippen molar-refractivity contribution in [3.05, 3.63) is 71.5 Å². The molecule has 0 radical (unpaired) electrons. The molecular weight excluding hydrogens is 369 g/mol. The highest BCUT2D eigenvalue weighted by atomic mass is 32.1. The summed E-state index contributed by atoms with van der Waals surface area (Å²) in [6, 6.07) is 13.8. The number of nitrogens with two attached hydrogens (primary N) is 1. The number of pyridine rings is 1. The summed E-state index contributed by atoms with van der Waals surface area (Å²) in [7, 11) is -0.684. The van der Waals surface area contributed by atoms with Crippen LogP contribution in [0.25, 0.3) is 10.8 Å². The molecule has 0 aliphatic carbocycles. The van der Waals surface area contributed by atoms with E-state index < -0.39 is 7.05 Å². The Bertz CT molecular complexity index is 998. The van der Waals surface area contributed by atoms with Crippen LogP contribution in [0.3, 0.4) is 0 Å². The summed E-state index contributed by atoms with van der Waals surface area (Å²) in [5.41, 5.74) is 9.76. The van der Waals surface area contributed by atoms with Crippen molar-refractivity contribution >= 4 is 42.6 Å². The summed E-state index contributed by atoms with van der Waals surface area (Å²) < 4.78 is 0. The molecule has 1 atom stereocenters. The topological polar surface area (TPSA) is 88.2 Å².